The molecule has 1 heterocycles. The third-order valence-corrected chi connectivity index (χ3v) is 3.92. The molecule has 1 atom stereocenters. The summed E-state index contributed by atoms with van der Waals surface area (Å²) in [6, 6.07) is 7.24. The Morgan fingerprint density at radius 3 is 2.58 bits per heavy atom. The Balaban J connectivity index is 2.41. The highest BCUT2D eigenvalue weighted by Gasteiger charge is 2.31. The standard InChI is InChI=1S/C17H28N2/c1-12(2)15-9-7-8-13(3)16(15)19-10-14(4)18-17(5,6)11-19/h7-9,12,14,18H,10-11H2,1-6H3. The lowest BCUT2D eigenvalue weighted by atomic mass is 9.93. The summed E-state index contributed by atoms with van der Waals surface area (Å²) in [5, 5.41) is 3.68. The summed E-state index contributed by atoms with van der Waals surface area (Å²) in [4.78, 5) is 2.58. The molecule has 0 saturated carbocycles. The molecule has 106 valence electrons. The highest BCUT2D eigenvalue weighted by atomic mass is 15.2. The SMILES string of the molecule is Cc1cccc(C(C)C)c1N1CC(C)NC(C)(C)C1. The maximum atomic E-state index is 3.68. The van der Waals surface area contributed by atoms with Crippen LogP contribution in [0.5, 0.6) is 0 Å². The monoisotopic (exact) mass is 260 g/mol. The molecule has 2 rings (SSSR count). The molecule has 0 spiro atoms. The zero-order valence-corrected chi connectivity index (χ0v) is 13.2. The summed E-state index contributed by atoms with van der Waals surface area (Å²) in [6.07, 6.45) is 0. The van der Waals surface area contributed by atoms with Crippen molar-refractivity contribution in [2.24, 2.45) is 0 Å². The summed E-state index contributed by atoms with van der Waals surface area (Å²) in [5.74, 6) is 0.572. The number of hydrogen-bond acceptors (Lipinski definition) is 2. The molecule has 0 aliphatic carbocycles. The Morgan fingerprint density at radius 2 is 2.00 bits per heavy atom. The molecule has 1 fully saturated rings. The topological polar surface area (TPSA) is 15.3 Å². The van der Waals surface area contributed by atoms with Crippen LogP contribution in [-0.4, -0.2) is 24.7 Å². The van der Waals surface area contributed by atoms with E-state index in [9.17, 15) is 0 Å². The molecule has 1 saturated heterocycles. The number of nitrogens with one attached hydrogen (secondary N) is 1. The Morgan fingerprint density at radius 1 is 1.32 bits per heavy atom. The average molecular weight is 260 g/mol. The van der Waals surface area contributed by atoms with E-state index < -0.39 is 0 Å². The first kappa shape index (κ1) is 14.4. The van der Waals surface area contributed by atoms with Crippen molar-refractivity contribution < 1.29 is 0 Å². The van der Waals surface area contributed by atoms with Crippen LogP contribution in [0.1, 0.15) is 51.7 Å². The van der Waals surface area contributed by atoms with Gasteiger partial charge in [-0.1, -0.05) is 32.0 Å². The van der Waals surface area contributed by atoms with Gasteiger partial charge in [-0.2, -0.15) is 0 Å². The summed E-state index contributed by atoms with van der Waals surface area (Å²) < 4.78 is 0. The minimum absolute atomic E-state index is 0.175. The summed E-state index contributed by atoms with van der Waals surface area (Å²) in [7, 11) is 0. The van der Waals surface area contributed by atoms with Crippen LogP contribution >= 0.6 is 0 Å². The average Bonchev–Trinajstić information content (AvgIpc) is 2.25. The Bertz CT molecular complexity index is 449. The molecule has 2 heteroatoms. The summed E-state index contributed by atoms with van der Waals surface area (Å²) in [5.41, 5.74) is 4.51. The molecule has 1 N–H and O–H groups in total. The van der Waals surface area contributed by atoms with Crippen molar-refractivity contribution >= 4 is 5.69 Å². The zero-order valence-electron chi connectivity index (χ0n) is 13.2. The molecule has 0 bridgehead atoms. The van der Waals surface area contributed by atoms with Crippen LogP contribution in [0, 0.1) is 6.92 Å². The van der Waals surface area contributed by atoms with Gasteiger partial charge in [0.25, 0.3) is 0 Å². The van der Waals surface area contributed by atoms with Crippen molar-refractivity contribution in [1.29, 1.82) is 0 Å². The van der Waals surface area contributed by atoms with Crippen molar-refractivity contribution in [3.8, 4) is 0 Å². The fourth-order valence-electron chi connectivity index (χ4n) is 3.38. The van der Waals surface area contributed by atoms with Gasteiger partial charge in [-0.05, 0) is 44.7 Å². The van der Waals surface area contributed by atoms with E-state index in [0.717, 1.165) is 13.1 Å². The Hall–Kier alpha value is -1.02. The molecular weight excluding hydrogens is 232 g/mol. The van der Waals surface area contributed by atoms with Crippen LogP contribution in [0.3, 0.4) is 0 Å². The van der Waals surface area contributed by atoms with Crippen molar-refractivity contribution in [3.63, 3.8) is 0 Å². The number of rotatable bonds is 2. The fraction of sp³-hybridized carbons (Fsp3) is 0.647. The predicted octanol–water partition coefficient (Wildman–Crippen LogP) is 3.70. The van der Waals surface area contributed by atoms with Gasteiger partial charge in [-0.25, -0.2) is 0 Å². The minimum atomic E-state index is 0.175. The number of anilines is 1. The fourth-order valence-corrected chi connectivity index (χ4v) is 3.38. The van der Waals surface area contributed by atoms with Gasteiger partial charge in [0.15, 0.2) is 0 Å². The molecule has 19 heavy (non-hydrogen) atoms. The third-order valence-electron chi connectivity index (χ3n) is 3.92. The molecule has 0 aromatic heterocycles. The van der Waals surface area contributed by atoms with Gasteiger partial charge in [0.2, 0.25) is 0 Å². The van der Waals surface area contributed by atoms with E-state index in [1.165, 1.54) is 16.8 Å². The van der Waals surface area contributed by atoms with Gasteiger partial charge in [0.1, 0.15) is 0 Å². The molecule has 1 aromatic carbocycles. The largest absolute Gasteiger partial charge is 0.368 e. The molecule has 1 aromatic rings. The van der Waals surface area contributed by atoms with Crippen LogP contribution in [0.2, 0.25) is 0 Å². The molecule has 1 aliphatic rings. The van der Waals surface area contributed by atoms with Crippen LogP contribution < -0.4 is 10.2 Å². The van der Waals surface area contributed by atoms with E-state index in [2.05, 4.69) is 70.0 Å². The van der Waals surface area contributed by atoms with Crippen LogP contribution in [0.4, 0.5) is 5.69 Å². The normalized spacial score (nSPS) is 22.9. The third kappa shape index (κ3) is 3.11. The maximum Gasteiger partial charge on any atom is 0.0432 e. The molecule has 1 unspecified atom stereocenters. The van der Waals surface area contributed by atoms with E-state index in [0.29, 0.717) is 12.0 Å². The van der Waals surface area contributed by atoms with Gasteiger partial charge in [-0.3, -0.25) is 0 Å². The lowest BCUT2D eigenvalue weighted by Gasteiger charge is -2.45. The molecule has 2 nitrogen and oxygen atoms in total. The lowest BCUT2D eigenvalue weighted by molar-refractivity contribution is 0.301. The van der Waals surface area contributed by atoms with Crippen molar-refractivity contribution in [2.75, 3.05) is 18.0 Å². The van der Waals surface area contributed by atoms with Crippen LogP contribution in [0.25, 0.3) is 0 Å². The first-order valence-electron chi connectivity index (χ1n) is 7.42. The number of nitrogens with zero attached hydrogens (tertiary/aromatic N) is 1. The molecule has 0 amide bonds. The van der Waals surface area contributed by atoms with Crippen molar-refractivity contribution in [1.82, 2.24) is 5.32 Å². The number of hydrogen-bond donors (Lipinski definition) is 1. The first-order valence-corrected chi connectivity index (χ1v) is 7.42. The van der Waals surface area contributed by atoms with Gasteiger partial charge >= 0.3 is 0 Å². The van der Waals surface area contributed by atoms with E-state index in [1.807, 2.05) is 0 Å². The van der Waals surface area contributed by atoms with Crippen LogP contribution in [-0.2, 0) is 0 Å². The smallest absolute Gasteiger partial charge is 0.0432 e. The van der Waals surface area contributed by atoms with Crippen LogP contribution in [0.15, 0.2) is 18.2 Å². The second-order valence-electron chi connectivity index (χ2n) is 6.98. The van der Waals surface area contributed by atoms with E-state index in [-0.39, 0.29) is 5.54 Å². The highest BCUT2D eigenvalue weighted by Crippen LogP contribution is 2.33. The Labute approximate surface area is 118 Å². The molecule has 0 radical (unpaired) electrons. The number of para-hydroxylation sites is 1. The Kier molecular flexibility index (Phi) is 3.91. The number of benzene rings is 1. The van der Waals surface area contributed by atoms with Crippen molar-refractivity contribution in [2.45, 2.75) is 59.0 Å². The minimum Gasteiger partial charge on any atom is -0.368 e. The summed E-state index contributed by atoms with van der Waals surface area (Å²) in [6.45, 7) is 15.8. The number of aryl methyl sites for hydroxylation is 1. The van der Waals surface area contributed by atoms with Gasteiger partial charge < -0.3 is 10.2 Å². The van der Waals surface area contributed by atoms with E-state index in [1.54, 1.807) is 0 Å². The molecule has 1 aliphatic heterocycles. The highest BCUT2D eigenvalue weighted by molar-refractivity contribution is 5.61. The van der Waals surface area contributed by atoms with Crippen molar-refractivity contribution in [3.05, 3.63) is 29.3 Å². The lowest BCUT2D eigenvalue weighted by Crippen LogP contribution is -2.61. The quantitative estimate of drug-likeness (QED) is 0.872. The maximum absolute atomic E-state index is 3.68. The predicted molar refractivity (Wildman–Crippen MR) is 84.2 cm³/mol. The number of piperazine rings is 1. The zero-order chi connectivity index (χ0) is 14.2. The second-order valence-corrected chi connectivity index (χ2v) is 6.98. The molecular formula is C17H28N2. The van der Waals surface area contributed by atoms with E-state index in [4.69, 9.17) is 0 Å². The van der Waals surface area contributed by atoms with E-state index >= 15 is 0 Å². The van der Waals surface area contributed by atoms with Gasteiger partial charge in [0, 0.05) is 30.4 Å². The van der Waals surface area contributed by atoms with Gasteiger partial charge in [-0.15, -0.1) is 0 Å². The second kappa shape index (κ2) is 5.16. The first-order chi connectivity index (χ1) is 8.80. The summed E-state index contributed by atoms with van der Waals surface area (Å²) >= 11 is 0. The van der Waals surface area contributed by atoms with Gasteiger partial charge in [0.05, 0.1) is 0 Å².